The Morgan fingerprint density at radius 1 is 1.11 bits per heavy atom. The summed E-state index contributed by atoms with van der Waals surface area (Å²) in [4.78, 5) is 39.0. The predicted octanol–water partition coefficient (Wildman–Crippen LogP) is -0.982. The maximum absolute atomic E-state index is 12.4. The van der Waals surface area contributed by atoms with Crippen molar-refractivity contribution in [2.24, 2.45) is 0 Å². The van der Waals surface area contributed by atoms with Crippen molar-refractivity contribution in [2.75, 3.05) is 18.5 Å². The molecule has 1 aromatic carbocycles. The van der Waals surface area contributed by atoms with Crippen LogP contribution in [0.25, 0.3) is 22.6 Å². The third-order valence-corrected chi connectivity index (χ3v) is 5.72. The van der Waals surface area contributed by atoms with Crippen LogP contribution in [0.2, 0.25) is 0 Å². The number of H-pyrrole nitrogens is 1. The van der Waals surface area contributed by atoms with E-state index in [1.807, 2.05) is 25.1 Å². The predicted molar refractivity (Wildman–Crippen MR) is 127 cm³/mol. The lowest BCUT2D eigenvalue weighted by Crippen LogP contribution is -2.42. The number of nitrogens with one attached hydrogen (secondary N) is 2. The van der Waals surface area contributed by atoms with Gasteiger partial charge in [-0.2, -0.15) is 4.98 Å². The molecule has 6 N–H and O–H groups in total. The number of aliphatic hydroxyl groups excluding tert-OH is 4. The first-order valence-electron chi connectivity index (χ1n) is 11.0. The first-order valence-corrected chi connectivity index (χ1v) is 11.0. The van der Waals surface area contributed by atoms with Crippen LogP contribution in [-0.4, -0.2) is 76.4 Å². The Kier molecular flexibility index (Phi) is 7.17. The van der Waals surface area contributed by atoms with Gasteiger partial charge in [-0.1, -0.05) is 6.07 Å². The maximum Gasteiger partial charge on any atom is 0.349 e. The van der Waals surface area contributed by atoms with E-state index in [-0.39, 0.29) is 18.1 Å². The molecule has 12 heteroatoms. The molecule has 3 atom stereocenters. The first-order chi connectivity index (χ1) is 16.8. The summed E-state index contributed by atoms with van der Waals surface area (Å²) in [5.74, 6) is -0.0840. The zero-order valence-electron chi connectivity index (χ0n) is 18.9. The minimum atomic E-state index is -1.68. The van der Waals surface area contributed by atoms with Gasteiger partial charge in [-0.25, -0.2) is 9.78 Å². The van der Waals surface area contributed by atoms with E-state index in [9.17, 15) is 24.9 Å². The summed E-state index contributed by atoms with van der Waals surface area (Å²) in [5.41, 5.74) is 1.62. The molecule has 3 heterocycles. The van der Waals surface area contributed by atoms with Crippen LogP contribution in [0, 0.1) is 6.92 Å². The van der Waals surface area contributed by atoms with Crippen LogP contribution in [0.4, 0.5) is 5.69 Å². The molecule has 0 amide bonds. The molecule has 0 spiro atoms. The number of nitrogens with zero attached hydrogens (tertiary/aromatic N) is 4. The van der Waals surface area contributed by atoms with Crippen molar-refractivity contribution < 1.29 is 20.4 Å². The van der Waals surface area contributed by atoms with Gasteiger partial charge in [0.25, 0.3) is 5.56 Å². The van der Waals surface area contributed by atoms with Crippen LogP contribution >= 0.6 is 0 Å². The third-order valence-electron chi connectivity index (χ3n) is 5.72. The number of pyridine rings is 1. The van der Waals surface area contributed by atoms with Crippen molar-refractivity contribution in [1.82, 2.24) is 24.5 Å². The van der Waals surface area contributed by atoms with E-state index in [2.05, 4.69) is 25.3 Å². The van der Waals surface area contributed by atoms with E-state index in [4.69, 9.17) is 5.11 Å². The molecule has 0 unspecified atom stereocenters. The Labute approximate surface area is 198 Å². The summed E-state index contributed by atoms with van der Waals surface area (Å²) in [5, 5.41) is 42.9. The molecule has 0 bridgehead atoms. The second-order valence-electron chi connectivity index (χ2n) is 8.23. The Morgan fingerprint density at radius 3 is 2.63 bits per heavy atom. The highest BCUT2D eigenvalue weighted by molar-refractivity contribution is 5.84. The molecule has 184 valence electrons. The number of aliphatic hydroxyl groups is 4. The van der Waals surface area contributed by atoms with Gasteiger partial charge in [-0.05, 0) is 36.8 Å². The average Bonchev–Trinajstić information content (AvgIpc) is 2.84. The van der Waals surface area contributed by atoms with E-state index >= 15 is 0 Å². The average molecular weight is 482 g/mol. The second-order valence-corrected chi connectivity index (χ2v) is 8.23. The fourth-order valence-electron chi connectivity index (χ4n) is 3.85. The summed E-state index contributed by atoms with van der Waals surface area (Å²) in [6, 6.07) is 9.19. The summed E-state index contributed by atoms with van der Waals surface area (Å²) < 4.78 is 1.40. The number of aromatic nitrogens is 5. The highest BCUT2D eigenvalue weighted by Crippen LogP contribution is 2.27. The summed E-state index contributed by atoms with van der Waals surface area (Å²) in [6.07, 6.45) is -2.41. The number of aryl methyl sites for hydroxylation is 1. The minimum absolute atomic E-state index is 0.0840. The van der Waals surface area contributed by atoms with Crippen LogP contribution in [0.5, 0.6) is 0 Å². The number of fused-ring (bicyclic) bond motifs is 2. The Bertz CT molecular complexity index is 1410. The van der Waals surface area contributed by atoms with Crippen molar-refractivity contribution in [3.63, 3.8) is 0 Å². The van der Waals surface area contributed by atoms with Gasteiger partial charge in [0.1, 0.15) is 18.3 Å². The Morgan fingerprint density at radius 2 is 1.91 bits per heavy atom. The fourth-order valence-corrected chi connectivity index (χ4v) is 3.85. The zero-order chi connectivity index (χ0) is 25.1. The summed E-state index contributed by atoms with van der Waals surface area (Å²) >= 11 is 0. The smallest absolute Gasteiger partial charge is 0.349 e. The van der Waals surface area contributed by atoms with E-state index in [1.54, 1.807) is 18.3 Å². The molecule has 2 aliphatic rings. The lowest BCUT2D eigenvalue weighted by atomic mass is 10.1. The molecule has 0 saturated heterocycles. The van der Waals surface area contributed by atoms with Crippen molar-refractivity contribution in [3.05, 3.63) is 68.6 Å². The van der Waals surface area contributed by atoms with E-state index in [0.29, 0.717) is 24.0 Å². The first kappa shape index (κ1) is 24.4. The molecule has 0 aliphatic carbocycles. The van der Waals surface area contributed by atoms with Gasteiger partial charge in [0, 0.05) is 30.5 Å². The molecule has 2 aromatic rings. The van der Waals surface area contributed by atoms with E-state index < -0.39 is 36.2 Å². The Balaban J connectivity index is 1.78. The lowest BCUT2D eigenvalue weighted by Gasteiger charge is -2.25. The summed E-state index contributed by atoms with van der Waals surface area (Å²) in [6.45, 7) is 1.36. The SMILES string of the molecule is Cc1cc2nc3c(=O)[nH]c(=O)nc-3n(C[C@H](O)[C@H](O)[C@H](O)CO)c2cc1NCCc1ccccn1. The largest absolute Gasteiger partial charge is 0.394 e. The van der Waals surface area contributed by atoms with Crippen LogP contribution in [0.1, 0.15) is 11.3 Å². The number of benzene rings is 1. The molecular formula is C23H26N6O6. The summed E-state index contributed by atoms with van der Waals surface area (Å²) in [7, 11) is 0. The number of rotatable bonds is 9. The number of hydrogen-bond acceptors (Lipinski definition) is 10. The van der Waals surface area contributed by atoms with Crippen LogP contribution < -0.4 is 16.6 Å². The highest BCUT2D eigenvalue weighted by Gasteiger charge is 2.27. The molecule has 4 rings (SSSR count). The third kappa shape index (κ3) is 5.20. The van der Waals surface area contributed by atoms with E-state index in [0.717, 1.165) is 16.9 Å². The van der Waals surface area contributed by atoms with Gasteiger partial charge in [-0.15, -0.1) is 0 Å². The molecule has 0 saturated carbocycles. The van der Waals surface area contributed by atoms with Gasteiger partial charge in [0.15, 0.2) is 11.5 Å². The van der Waals surface area contributed by atoms with Crippen molar-refractivity contribution in [3.8, 4) is 11.5 Å². The highest BCUT2D eigenvalue weighted by atomic mass is 16.4. The standard InChI is InChI=1S/C23H26N6O6/c1-12-8-15-16(9-14(12)25-7-5-13-4-2-3-6-24-13)29(10-17(31)20(33)18(32)11-30)21-19(26-15)22(34)28-23(35)27-21/h2-4,6,8-9,17-18,20,25,30-33H,5,7,10-11H2,1H3,(H,28,34,35)/t17-,18+,20-/m0/s1. The van der Waals surface area contributed by atoms with Gasteiger partial charge in [0.05, 0.1) is 24.2 Å². The van der Waals surface area contributed by atoms with E-state index in [1.165, 1.54) is 4.57 Å². The Hall–Kier alpha value is -3.71. The normalized spacial score (nSPS) is 14.2. The second kappa shape index (κ2) is 10.3. The lowest BCUT2D eigenvalue weighted by molar-refractivity contribution is -0.0802. The molecule has 2 aliphatic heterocycles. The van der Waals surface area contributed by atoms with Crippen LogP contribution in [0.3, 0.4) is 0 Å². The van der Waals surface area contributed by atoms with Gasteiger partial charge >= 0.3 is 5.69 Å². The topological polar surface area (TPSA) is 186 Å². The number of anilines is 1. The van der Waals surface area contributed by atoms with Crippen LogP contribution in [-0.2, 0) is 13.0 Å². The number of aromatic amines is 1. The molecule has 35 heavy (non-hydrogen) atoms. The molecule has 1 aromatic heterocycles. The maximum atomic E-state index is 12.4. The van der Waals surface area contributed by atoms with Crippen LogP contribution in [0.15, 0.2) is 46.1 Å². The molecule has 0 fully saturated rings. The van der Waals surface area contributed by atoms with Gasteiger partial charge in [0.2, 0.25) is 0 Å². The molecule has 12 nitrogen and oxygen atoms in total. The van der Waals surface area contributed by atoms with Gasteiger partial charge < -0.3 is 30.3 Å². The monoisotopic (exact) mass is 482 g/mol. The van der Waals surface area contributed by atoms with Crippen molar-refractivity contribution >= 4 is 16.7 Å². The number of hydrogen-bond donors (Lipinski definition) is 6. The quantitative estimate of drug-likeness (QED) is 0.162. The van der Waals surface area contributed by atoms with Crippen molar-refractivity contribution in [2.45, 2.75) is 38.2 Å². The molecular weight excluding hydrogens is 456 g/mol. The van der Waals surface area contributed by atoms with Crippen molar-refractivity contribution in [1.29, 1.82) is 0 Å². The van der Waals surface area contributed by atoms with Gasteiger partial charge in [-0.3, -0.25) is 14.8 Å². The zero-order valence-corrected chi connectivity index (χ0v) is 18.9. The minimum Gasteiger partial charge on any atom is -0.394 e. The molecule has 0 radical (unpaired) electrons. The fraction of sp³-hybridized carbons (Fsp3) is 0.348.